The van der Waals surface area contributed by atoms with Crippen LogP contribution < -0.4 is 10.9 Å². The maximum atomic E-state index is 12.5. The van der Waals surface area contributed by atoms with E-state index in [1.165, 1.54) is 6.92 Å². The Hall–Kier alpha value is -3.09. The molecule has 0 radical (unpaired) electrons. The number of hydrogen-bond donors (Lipinski definition) is 3. The Morgan fingerprint density at radius 2 is 1.74 bits per heavy atom. The molecule has 7 heteroatoms. The van der Waals surface area contributed by atoms with Crippen LogP contribution >= 0.6 is 0 Å². The van der Waals surface area contributed by atoms with Crippen LogP contribution in [0.1, 0.15) is 48.0 Å². The Balaban J connectivity index is 2.54. The fourth-order valence-corrected chi connectivity index (χ4v) is 2.71. The maximum Gasteiger partial charge on any atom is 0.407 e. The lowest BCUT2D eigenvalue weighted by molar-refractivity contribution is 0.0523. The zero-order valence-corrected chi connectivity index (χ0v) is 16.1. The third-order valence-electron chi connectivity index (χ3n) is 3.86. The van der Waals surface area contributed by atoms with Gasteiger partial charge in [0.2, 0.25) is 0 Å². The summed E-state index contributed by atoms with van der Waals surface area (Å²) in [6.45, 7) is 8.47. The standard InChI is InChI=1S/C20H24N2O5/c1-11-6-8-13(9-7-11)16-14(10-21-19(26)27-20(3,4)5)17(23)22-12(2)15(16)18(24)25/h6-9H,10H2,1-5H3,(H,21,26)(H,22,23)(H,24,25). The normalized spacial score (nSPS) is 11.1. The van der Waals surface area contributed by atoms with Crippen molar-refractivity contribution in [3.05, 3.63) is 57.0 Å². The molecule has 2 rings (SSSR count). The van der Waals surface area contributed by atoms with Gasteiger partial charge in [-0.25, -0.2) is 9.59 Å². The molecule has 3 N–H and O–H groups in total. The number of nitrogens with one attached hydrogen (secondary N) is 2. The predicted octanol–water partition coefficient (Wildman–Crippen LogP) is 3.38. The van der Waals surface area contributed by atoms with Crippen LogP contribution in [0.15, 0.2) is 29.1 Å². The van der Waals surface area contributed by atoms with Gasteiger partial charge >= 0.3 is 12.1 Å². The fourth-order valence-electron chi connectivity index (χ4n) is 2.71. The summed E-state index contributed by atoms with van der Waals surface area (Å²) in [6.07, 6.45) is -0.686. The number of ether oxygens (including phenoxy) is 1. The van der Waals surface area contributed by atoms with Gasteiger partial charge in [0.05, 0.1) is 12.1 Å². The largest absolute Gasteiger partial charge is 0.478 e. The topological polar surface area (TPSA) is 108 Å². The quantitative estimate of drug-likeness (QED) is 0.762. The summed E-state index contributed by atoms with van der Waals surface area (Å²) < 4.78 is 5.18. The molecule has 1 aromatic carbocycles. The summed E-state index contributed by atoms with van der Waals surface area (Å²) in [7, 11) is 0. The number of alkyl carbamates (subject to hydrolysis) is 1. The van der Waals surface area contributed by atoms with Gasteiger partial charge in [-0.3, -0.25) is 4.79 Å². The fraction of sp³-hybridized carbons (Fsp3) is 0.350. The molecule has 0 saturated heterocycles. The molecular formula is C20H24N2O5. The predicted molar refractivity (Wildman–Crippen MR) is 102 cm³/mol. The van der Waals surface area contributed by atoms with E-state index in [1.807, 2.05) is 19.1 Å². The van der Waals surface area contributed by atoms with E-state index in [0.29, 0.717) is 11.1 Å². The molecule has 0 spiro atoms. The van der Waals surface area contributed by atoms with Gasteiger partial charge in [-0.05, 0) is 40.2 Å². The third kappa shape index (κ3) is 4.97. The van der Waals surface area contributed by atoms with Crippen molar-refractivity contribution in [1.82, 2.24) is 10.3 Å². The van der Waals surface area contributed by atoms with E-state index in [-0.39, 0.29) is 23.4 Å². The van der Waals surface area contributed by atoms with Crippen LogP contribution in [0.3, 0.4) is 0 Å². The molecule has 0 saturated carbocycles. The van der Waals surface area contributed by atoms with E-state index in [0.717, 1.165) is 5.56 Å². The Morgan fingerprint density at radius 3 is 2.26 bits per heavy atom. The molecule has 0 aliphatic heterocycles. The van der Waals surface area contributed by atoms with Crippen molar-refractivity contribution < 1.29 is 19.4 Å². The molecule has 27 heavy (non-hydrogen) atoms. The van der Waals surface area contributed by atoms with E-state index >= 15 is 0 Å². The lowest BCUT2D eigenvalue weighted by Gasteiger charge is -2.20. The molecule has 2 aromatic rings. The summed E-state index contributed by atoms with van der Waals surface area (Å²) in [5.41, 5.74) is 1.16. The summed E-state index contributed by atoms with van der Waals surface area (Å²) in [5.74, 6) is -1.15. The van der Waals surface area contributed by atoms with Crippen molar-refractivity contribution in [2.45, 2.75) is 46.8 Å². The molecule has 0 atom stereocenters. The molecule has 0 aliphatic rings. The molecular weight excluding hydrogens is 348 g/mol. The minimum atomic E-state index is -1.15. The number of rotatable bonds is 4. The SMILES string of the molecule is Cc1ccc(-c2c(C(=O)O)c(C)[nH]c(=O)c2CNC(=O)OC(C)(C)C)cc1. The number of H-pyrrole nitrogens is 1. The smallest absolute Gasteiger partial charge is 0.407 e. The molecule has 7 nitrogen and oxygen atoms in total. The Morgan fingerprint density at radius 1 is 1.15 bits per heavy atom. The number of hydrogen-bond acceptors (Lipinski definition) is 4. The average Bonchev–Trinajstić information content (AvgIpc) is 2.52. The number of carboxylic acids is 1. The summed E-state index contributed by atoms with van der Waals surface area (Å²) >= 11 is 0. The van der Waals surface area contributed by atoms with Crippen LogP contribution in [0.25, 0.3) is 11.1 Å². The van der Waals surface area contributed by atoms with Gasteiger partial charge in [0.1, 0.15) is 5.60 Å². The van der Waals surface area contributed by atoms with Crippen molar-refractivity contribution in [3.63, 3.8) is 0 Å². The van der Waals surface area contributed by atoms with Gasteiger partial charge in [0.15, 0.2) is 0 Å². The molecule has 1 amide bonds. The van der Waals surface area contributed by atoms with E-state index < -0.39 is 23.2 Å². The second-order valence-electron chi connectivity index (χ2n) is 7.33. The number of aryl methyl sites for hydroxylation is 2. The monoisotopic (exact) mass is 372 g/mol. The average molecular weight is 372 g/mol. The van der Waals surface area contributed by atoms with Gasteiger partial charge in [-0.2, -0.15) is 0 Å². The molecule has 0 bridgehead atoms. The number of carboxylic acid groups (broad SMARTS) is 1. The number of benzene rings is 1. The van der Waals surface area contributed by atoms with Crippen LogP contribution in [0.4, 0.5) is 4.79 Å². The first-order chi connectivity index (χ1) is 12.5. The summed E-state index contributed by atoms with van der Waals surface area (Å²) in [4.78, 5) is 38.9. The first-order valence-electron chi connectivity index (χ1n) is 8.52. The van der Waals surface area contributed by atoms with Crippen molar-refractivity contribution >= 4 is 12.1 Å². The van der Waals surface area contributed by atoms with Crippen LogP contribution in [0.2, 0.25) is 0 Å². The first-order valence-corrected chi connectivity index (χ1v) is 8.52. The van der Waals surface area contributed by atoms with Crippen LogP contribution in [0, 0.1) is 13.8 Å². The summed E-state index contributed by atoms with van der Waals surface area (Å²) in [5, 5.41) is 12.2. The second-order valence-corrected chi connectivity index (χ2v) is 7.33. The van der Waals surface area contributed by atoms with E-state index in [9.17, 15) is 19.5 Å². The number of pyridine rings is 1. The molecule has 0 unspecified atom stereocenters. The van der Waals surface area contributed by atoms with Gasteiger partial charge in [0, 0.05) is 16.8 Å². The highest BCUT2D eigenvalue weighted by molar-refractivity contribution is 5.98. The Labute approximate surface area is 157 Å². The van der Waals surface area contributed by atoms with E-state index in [1.54, 1.807) is 32.9 Å². The number of carbonyl (C=O) groups is 2. The molecule has 1 aromatic heterocycles. The minimum absolute atomic E-state index is 0.000517. The number of carbonyl (C=O) groups excluding carboxylic acids is 1. The van der Waals surface area contributed by atoms with Crippen molar-refractivity contribution in [1.29, 1.82) is 0 Å². The zero-order valence-electron chi connectivity index (χ0n) is 16.1. The van der Waals surface area contributed by atoms with Crippen molar-refractivity contribution in [3.8, 4) is 11.1 Å². The molecule has 0 fully saturated rings. The highest BCUT2D eigenvalue weighted by Gasteiger charge is 2.23. The molecule has 1 heterocycles. The van der Waals surface area contributed by atoms with Crippen LogP contribution in [0.5, 0.6) is 0 Å². The highest BCUT2D eigenvalue weighted by atomic mass is 16.6. The van der Waals surface area contributed by atoms with Crippen molar-refractivity contribution in [2.75, 3.05) is 0 Å². The van der Waals surface area contributed by atoms with Gasteiger partial charge in [0.25, 0.3) is 5.56 Å². The van der Waals surface area contributed by atoms with Crippen molar-refractivity contribution in [2.24, 2.45) is 0 Å². The number of aromatic nitrogens is 1. The number of amides is 1. The van der Waals surface area contributed by atoms with Gasteiger partial charge in [-0.1, -0.05) is 29.8 Å². The Kier molecular flexibility index (Phi) is 5.73. The summed E-state index contributed by atoms with van der Waals surface area (Å²) in [6, 6.07) is 7.19. The first kappa shape index (κ1) is 20.2. The van der Waals surface area contributed by atoms with Gasteiger partial charge < -0.3 is 20.1 Å². The van der Waals surface area contributed by atoms with Gasteiger partial charge in [-0.15, -0.1) is 0 Å². The number of aromatic carboxylic acids is 1. The van der Waals surface area contributed by atoms with Crippen LogP contribution in [-0.2, 0) is 11.3 Å². The lowest BCUT2D eigenvalue weighted by Crippen LogP contribution is -2.34. The molecule has 0 aliphatic carbocycles. The van der Waals surface area contributed by atoms with Crippen LogP contribution in [-0.4, -0.2) is 27.8 Å². The zero-order chi connectivity index (χ0) is 20.4. The van der Waals surface area contributed by atoms with E-state index in [2.05, 4.69) is 10.3 Å². The minimum Gasteiger partial charge on any atom is -0.478 e. The number of aromatic amines is 1. The van der Waals surface area contributed by atoms with E-state index in [4.69, 9.17) is 4.74 Å². The lowest BCUT2D eigenvalue weighted by atomic mass is 9.93. The highest BCUT2D eigenvalue weighted by Crippen LogP contribution is 2.28. The second kappa shape index (κ2) is 7.65. The third-order valence-corrected chi connectivity index (χ3v) is 3.86. The molecule has 144 valence electrons. The Bertz CT molecular complexity index is 921. The maximum absolute atomic E-state index is 12.5.